The number of halogens is 2. The van der Waals surface area contributed by atoms with Crippen molar-refractivity contribution in [2.45, 2.75) is 0 Å². The van der Waals surface area contributed by atoms with Crippen LogP contribution in [0.5, 0.6) is 0 Å². The molecule has 0 radical (unpaired) electrons. The van der Waals surface area contributed by atoms with Crippen molar-refractivity contribution in [3.05, 3.63) is 48.3 Å². The molecular formula is C13H8F2N4O. The highest BCUT2D eigenvalue weighted by Gasteiger charge is 2.19. The Balaban J connectivity index is 2.22. The summed E-state index contributed by atoms with van der Waals surface area (Å²) in [5.74, 6) is -1.09. The molecule has 3 aromatic rings. The van der Waals surface area contributed by atoms with E-state index in [4.69, 9.17) is 10.3 Å². The molecule has 2 N–H and O–H groups in total. The van der Waals surface area contributed by atoms with E-state index < -0.39 is 11.6 Å². The van der Waals surface area contributed by atoms with Gasteiger partial charge >= 0.3 is 0 Å². The summed E-state index contributed by atoms with van der Waals surface area (Å²) in [6.07, 6.45) is 2.91. The van der Waals surface area contributed by atoms with Gasteiger partial charge in [0.15, 0.2) is 11.6 Å². The Hall–Kier alpha value is -2.83. The lowest BCUT2D eigenvalue weighted by atomic mass is 10.0. The maximum atomic E-state index is 13.3. The third-order valence-electron chi connectivity index (χ3n) is 2.72. The minimum atomic E-state index is -0.709. The maximum Gasteiger partial charge on any atom is 0.178 e. The number of benzene rings is 1. The van der Waals surface area contributed by atoms with Gasteiger partial charge < -0.3 is 10.3 Å². The molecule has 0 atom stereocenters. The van der Waals surface area contributed by atoms with E-state index in [1.165, 1.54) is 12.4 Å². The highest BCUT2D eigenvalue weighted by atomic mass is 19.1. The van der Waals surface area contributed by atoms with Gasteiger partial charge in [-0.05, 0) is 23.8 Å². The van der Waals surface area contributed by atoms with E-state index in [9.17, 15) is 8.78 Å². The molecule has 0 saturated carbocycles. The largest absolute Gasteiger partial charge is 0.380 e. The number of hydrogen-bond donors (Lipinski definition) is 1. The van der Waals surface area contributed by atoms with Gasteiger partial charge in [0.1, 0.15) is 11.6 Å². The molecule has 2 heterocycles. The molecule has 0 unspecified atom stereocenters. The topological polar surface area (TPSA) is 77.8 Å². The van der Waals surface area contributed by atoms with Gasteiger partial charge in [-0.3, -0.25) is 0 Å². The Labute approximate surface area is 112 Å². The first-order valence-electron chi connectivity index (χ1n) is 5.64. The zero-order valence-electron chi connectivity index (χ0n) is 10.0. The molecular weight excluding hydrogens is 266 g/mol. The number of hydrogen-bond acceptors (Lipinski definition) is 5. The van der Waals surface area contributed by atoms with Crippen LogP contribution in [0.2, 0.25) is 0 Å². The van der Waals surface area contributed by atoms with Crippen LogP contribution in [0.4, 0.5) is 14.6 Å². The van der Waals surface area contributed by atoms with Crippen LogP contribution < -0.4 is 5.73 Å². The van der Waals surface area contributed by atoms with Crippen LogP contribution in [-0.2, 0) is 0 Å². The van der Waals surface area contributed by atoms with Gasteiger partial charge in [0, 0.05) is 11.6 Å². The van der Waals surface area contributed by atoms with Crippen molar-refractivity contribution in [3.8, 4) is 22.5 Å². The molecule has 0 aliphatic heterocycles. The van der Waals surface area contributed by atoms with Gasteiger partial charge in [-0.1, -0.05) is 5.16 Å². The van der Waals surface area contributed by atoms with Crippen LogP contribution >= 0.6 is 0 Å². The molecule has 0 aliphatic carbocycles. The maximum absolute atomic E-state index is 13.3. The second-order valence-electron chi connectivity index (χ2n) is 4.06. The summed E-state index contributed by atoms with van der Waals surface area (Å²) in [5.41, 5.74) is 6.84. The summed E-state index contributed by atoms with van der Waals surface area (Å²) in [4.78, 5) is 0. The van der Waals surface area contributed by atoms with Crippen LogP contribution in [-0.4, -0.2) is 15.4 Å². The van der Waals surface area contributed by atoms with Crippen molar-refractivity contribution >= 4 is 5.82 Å². The lowest BCUT2D eigenvalue weighted by Gasteiger charge is -2.03. The van der Waals surface area contributed by atoms with E-state index in [0.717, 1.165) is 18.2 Å². The van der Waals surface area contributed by atoms with E-state index in [1.807, 2.05) is 0 Å². The fraction of sp³-hybridized carbons (Fsp3) is 0. The summed E-state index contributed by atoms with van der Waals surface area (Å²) in [6.45, 7) is 0. The molecule has 0 spiro atoms. The summed E-state index contributed by atoms with van der Waals surface area (Å²) in [6, 6.07) is 4.72. The van der Waals surface area contributed by atoms with Gasteiger partial charge in [-0.2, -0.15) is 10.2 Å². The summed E-state index contributed by atoms with van der Waals surface area (Å²) >= 11 is 0. The second-order valence-corrected chi connectivity index (χ2v) is 4.06. The van der Waals surface area contributed by atoms with Crippen molar-refractivity contribution in [1.29, 1.82) is 0 Å². The first kappa shape index (κ1) is 12.2. The average Bonchev–Trinajstić information content (AvgIpc) is 2.80. The van der Waals surface area contributed by atoms with E-state index in [2.05, 4.69) is 15.4 Å². The van der Waals surface area contributed by atoms with Gasteiger partial charge in [0.25, 0.3) is 0 Å². The molecule has 0 amide bonds. The Kier molecular flexibility index (Phi) is 2.86. The van der Waals surface area contributed by atoms with Crippen LogP contribution in [0.15, 0.2) is 41.2 Å². The van der Waals surface area contributed by atoms with Crippen LogP contribution in [0.3, 0.4) is 0 Å². The monoisotopic (exact) mass is 274 g/mol. The van der Waals surface area contributed by atoms with Gasteiger partial charge in [-0.25, -0.2) is 8.78 Å². The van der Waals surface area contributed by atoms with Crippen molar-refractivity contribution in [3.63, 3.8) is 0 Å². The lowest BCUT2D eigenvalue weighted by molar-refractivity contribution is 0.436. The van der Waals surface area contributed by atoms with Crippen LogP contribution in [0.1, 0.15) is 0 Å². The number of aromatic nitrogens is 3. The number of rotatable bonds is 2. The average molecular weight is 274 g/mol. The zero-order chi connectivity index (χ0) is 14.1. The predicted molar refractivity (Wildman–Crippen MR) is 67.3 cm³/mol. The van der Waals surface area contributed by atoms with Crippen molar-refractivity contribution in [1.82, 2.24) is 15.4 Å². The highest BCUT2D eigenvalue weighted by Crippen LogP contribution is 2.36. The van der Waals surface area contributed by atoms with Crippen molar-refractivity contribution in [2.24, 2.45) is 0 Å². The van der Waals surface area contributed by atoms with E-state index in [-0.39, 0.29) is 17.1 Å². The first-order valence-corrected chi connectivity index (χ1v) is 5.64. The third-order valence-corrected chi connectivity index (χ3v) is 2.72. The molecule has 1 aromatic carbocycles. The number of nitrogens with zero attached hydrogens (tertiary/aromatic N) is 3. The molecule has 3 rings (SSSR count). The van der Waals surface area contributed by atoms with Gasteiger partial charge in [0.2, 0.25) is 0 Å². The van der Waals surface area contributed by atoms with Crippen LogP contribution in [0.25, 0.3) is 22.5 Å². The number of anilines is 1. The minimum absolute atomic E-state index is 0.0433. The lowest BCUT2D eigenvalue weighted by Crippen LogP contribution is -1.91. The molecule has 2 aromatic heterocycles. The van der Waals surface area contributed by atoms with Crippen LogP contribution in [0, 0.1) is 11.6 Å². The zero-order valence-corrected chi connectivity index (χ0v) is 10.0. The quantitative estimate of drug-likeness (QED) is 0.777. The molecule has 0 saturated heterocycles. The first-order chi connectivity index (χ1) is 9.65. The Morgan fingerprint density at radius 2 is 1.75 bits per heavy atom. The molecule has 0 fully saturated rings. The molecule has 20 heavy (non-hydrogen) atoms. The smallest absolute Gasteiger partial charge is 0.178 e. The van der Waals surface area contributed by atoms with Crippen molar-refractivity contribution < 1.29 is 13.3 Å². The molecule has 0 bridgehead atoms. The molecule has 5 nitrogen and oxygen atoms in total. The Morgan fingerprint density at radius 3 is 2.40 bits per heavy atom. The number of nitrogens with two attached hydrogens (primary N) is 1. The summed E-state index contributed by atoms with van der Waals surface area (Å²) < 4.78 is 31.8. The third kappa shape index (κ3) is 2.09. The molecule has 100 valence electrons. The highest BCUT2D eigenvalue weighted by molar-refractivity contribution is 5.86. The van der Waals surface area contributed by atoms with Gasteiger partial charge in [-0.15, -0.1) is 0 Å². The fourth-order valence-corrected chi connectivity index (χ4v) is 1.90. The van der Waals surface area contributed by atoms with E-state index in [0.29, 0.717) is 11.1 Å². The molecule has 7 heteroatoms. The molecule has 0 aliphatic rings. The van der Waals surface area contributed by atoms with E-state index in [1.54, 1.807) is 6.07 Å². The summed E-state index contributed by atoms with van der Waals surface area (Å²) in [7, 11) is 0. The SMILES string of the molecule is Nc1noc(-c2ccnnc2)c1-c1cc(F)cc(F)c1. The predicted octanol–water partition coefficient (Wildman–Crippen LogP) is 2.66. The second kappa shape index (κ2) is 4.69. The van der Waals surface area contributed by atoms with Gasteiger partial charge in [0.05, 0.1) is 18.0 Å². The minimum Gasteiger partial charge on any atom is -0.380 e. The fourth-order valence-electron chi connectivity index (χ4n) is 1.90. The summed E-state index contributed by atoms with van der Waals surface area (Å²) in [5, 5.41) is 11.0. The Bertz CT molecular complexity index is 738. The normalized spacial score (nSPS) is 10.7. The number of nitrogen functional groups attached to an aromatic ring is 1. The van der Waals surface area contributed by atoms with Crippen molar-refractivity contribution in [2.75, 3.05) is 5.73 Å². The van der Waals surface area contributed by atoms with E-state index >= 15 is 0 Å². The Morgan fingerprint density at radius 1 is 1.00 bits per heavy atom. The standard InChI is InChI=1S/C13H8F2N4O/c14-9-3-8(4-10(15)5-9)11-12(20-19-13(11)16)7-1-2-17-18-6-7/h1-6H,(H2,16,19).